The van der Waals surface area contributed by atoms with E-state index in [1.165, 1.54) is 18.4 Å². The van der Waals surface area contributed by atoms with Gasteiger partial charge in [0.1, 0.15) is 6.61 Å². The van der Waals surface area contributed by atoms with Crippen molar-refractivity contribution in [3.05, 3.63) is 59.7 Å². The summed E-state index contributed by atoms with van der Waals surface area (Å²) in [5, 5.41) is 3.54. The van der Waals surface area contributed by atoms with Crippen LogP contribution in [-0.2, 0) is 17.9 Å². The summed E-state index contributed by atoms with van der Waals surface area (Å²) in [5.41, 5.74) is 2.35. The van der Waals surface area contributed by atoms with Crippen molar-refractivity contribution in [2.75, 3.05) is 26.4 Å². The molecule has 1 saturated heterocycles. The molecule has 0 radical (unpaired) electrons. The fourth-order valence-corrected chi connectivity index (χ4v) is 3.17. The number of ether oxygens (including phenoxy) is 3. The van der Waals surface area contributed by atoms with Crippen molar-refractivity contribution >= 4 is 0 Å². The highest BCUT2D eigenvalue weighted by atomic mass is 16.5. The highest BCUT2D eigenvalue weighted by Crippen LogP contribution is 2.29. The van der Waals surface area contributed by atoms with Gasteiger partial charge in [0.05, 0.1) is 13.2 Å². The Bertz CT molecular complexity index is 654. The average molecular weight is 355 g/mol. The van der Waals surface area contributed by atoms with Gasteiger partial charge >= 0.3 is 0 Å². The van der Waals surface area contributed by atoms with E-state index in [1.807, 2.05) is 31.2 Å². The highest BCUT2D eigenvalue weighted by molar-refractivity contribution is 5.43. The second kappa shape index (κ2) is 10.2. The van der Waals surface area contributed by atoms with Gasteiger partial charge in [-0.25, -0.2) is 0 Å². The molecule has 3 rings (SSSR count). The molecule has 1 N–H and O–H groups in total. The zero-order valence-corrected chi connectivity index (χ0v) is 15.6. The van der Waals surface area contributed by atoms with Crippen LogP contribution < -0.4 is 14.8 Å². The molecule has 1 aliphatic rings. The van der Waals surface area contributed by atoms with Crippen LogP contribution in [-0.4, -0.2) is 26.4 Å². The molecule has 1 unspecified atom stereocenters. The Balaban J connectivity index is 1.55. The summed E-state index contributed by atoms with van der Waals surface area (Å²) in [6, 6.07) is 16.4. The summed E-state index contributed by atoms with van der Waals surface area (Å²) in [6.45, 7) is 6.78. The predicted molar refractivity (Wildman–Crippen MR) is 104 cm³/mol. The van der Waals surface area contributed by atoms with E-state index in [4.69, 9.17) is 14.2 Å². The second-order valence-electron chi connectivity index (χ2n) is 6.70. The lowest BCUT2D eigenvalue weighted by Gasteiger charge is -2.22. The van der Waals surface area contributed by atoms with Crippen molar-refractivity contribution in [1.82, 2.24) is 5.32 Å². The fraction of sp³-hybridized carbons (Fsp3) is 0.455. The van der Waals surface area contributed by atoms with Crippen LogP contribution in [0.4, 0.5) is 0 Å². The van der Waals surface area contributed by atoms with Crippen LogP contribution in [0.1, 0.15) is 30.9 Å². The van der Waals surface area contributed by atoms with Crippen LogP contribution in [0, 0.1) is 5.92 Å². The SMILES string of the molecule is CCOc1cc(CNCC2CCCOC2)ccc1OCc1ccccc1. The monoisotopic (exact) mass is 355 g/mol. The third kappa shape index (κ3) is 5.75. The lowest BCUT2D eigenvalue weighted by Crippen LogP contribution is -2.28. The first kappa shape index (κ1) is 18.7. The Hall–Kier alpha value is -2.04. The first-order chi connectivity index (χ1) is 12.8. The van der Waals surface area contributed by atoms with E-state index in [1.54, 1.807) is 0 Å². The van der Waals surface area contributed by atoms with Crippen molar-refractivity contribution in [1.29, 1.82) is 0 Å². The van der Waals surface area contributed by atoms with E-state index in [0.29, 0.717) is 19.1 Å². The van der Waals surface area contributed by atoms with Gasteiger partial charge in [0.2, 0.25) is 0 Å². The second-order valence-corrected chi connectivity index (χ2v) is 6.70. The van der Waals surface area contributed by atoms with Crippen molar-refractivity contribution in [2.24, 2.45) is 5.92 Å². The third-order valence-corrected chi connectivity index (χ3v) is 4.56. The molecule has 1 aliphatic heterocycles. The largest absolute Gasteiger partial charge is 0.490 e. The van der Waals surface area contributed by atoms with Crippen LogP contribution in [0.2, 0.25) is 0 Å². The molecule has 1 fully saturated rings. The summed E-state index contributed by atoms with van der Waals surface area (Å²) >= 11 is 0. The van der Waals surface area contributed by atoms with Crippen molar-refractivity contribution in [2.45, 2.75) is 32.9 Å². The zero-order chi connectivity index (χ0) is 18.0. The summed E-state index contributed by atoms with van der Waals surface area (Å²) in [4.78, 5) is 0. The van der Waals surface area contributed by atoms with E-state index in [2.05, 4.69) is 29.6 Å². The van der Waals surface area contributed by atoms with Crippen molar-refractivity contribution in [3.63, 3.8) is 0 Å². The first-order valence-corrected chi connectivity index (χ1v) is 9.56. The van der Waals surface area contributed by atoms with Gasteiger partial charge in [0.25, 0.3) is 0 Å². The molecule has 0 spiro atoms. The maximum atomic E-state index is 5.97. The minimum Gasteiger partial charge on any atom is -0.490 e. The van der Waals surface area contributed by atoms with E-state index in [9.17, 15) is 0 Å². The molecule has 0 bridgehead atoms. The molecule has 1 heterocycles. The zero-order valence-electron chi connectivity index (χ0n) is 15.6. The maximum Gasteiger partial charge on any atom is 0.161 e. The Kier molecular flexibility index (Phi) is 7.35. The molecule has 140 valence electrons. The van der Waals surface area contributed by atoms with Crippen LogP contribution in [0.25, 0.3) is 0 Å². The minimum absolute atomic E-state index is 0.542. The molecular weight excluding hydrogens is 326 g/mol. The smallest absolute Gasteiger partial charge is 0.161 e. The Morgan fingerprint density at radius 2 is 1.92 bits per heavy atom. The van der Waals surface area contributed by atoms with Gasteiger partial charge < -0.3 is 19.5 Å². The van der Waals surface area contributed by atoms with Crippen molar-refractivity contribution in [3.8, 4) is 11.5 Å². The molecule has 1 atom stereocenters. The van der Waals surface area contributed by atoms with E-state index >= 15 is 0 Å². The summed E-state index contributed by atoms with van der Waals surface area (Å²) < 4.78 is 17.3. The number of benzene rings is 2. The molecule has 2 aromatic rings. The van der Waals surface area contributed by atoms with Crippen molar-refractivity contribution < 1.29 is 14.2 Å². The van der Waals surface area contributed by atoms with E-state index < -0.39 is 0 Å². The average Bonchev–Trinajstić information content (AvgIpc) is 2.69. The molecule has 0 saturated carbocycles. The lowest BCUT2D eigenvalue weighted by atomic mass is 10.0. The molecule has 26 heavy (non-hydrogen) atoms. The van der Waals surface area contributed by atoms with Gasteiger partial charge in [-0.05, 0) is 48.9 Å². The van der Waals surface area contributed by atoms with Gasteiger partial charge in [0, 0.05) is 19.7 Å². The van der Waals surface area contributed by atoms with Gasteiger partial charge in [-0.1, -0.05) is 36.4 Å². The minimum atomic E-state index is 0.542. The molecule has 2 aromatic carbocycles. The van der Waals surface area contributed by atoms with Crippen LogP contribution in [0.15, 0.2) is 48.5 Å². The van der Waals surface area contributed by atoms with Crippen LogP contribution in [0.3, 0.4) is 0 Å². The number of hydrogen-bond donors (Lipinski definition) is 1. The number of nitrogens with one attached hydrogen (secondary N) is 1. The summed E-state index contributed by atoms with van der Waals surface area (Å²) in [6.07, 6.45) is 2.43. The first-order valence-electron chi connectivity index (χ1n) is 9.56. The normalized spacial score (nSPS) is 17.0. The lowest BCUT2D eigenvalue weighted by molar-refractivity contribution is 0.0547. The van der Waals surface area contributed by atoms with E-state index in [-0.39, 0.29) is 0 Å². The molecule has 0 aliphatic carbocycles. The summed E-state index contributed by atoms with van der Waals surface area (Å²) in [7, 11) is 0. The van der Waals surface area contributed by atoms with Gasteiger partial charge in [-0.3, -0.25) is 0 Å². The Morgan fingerprint density at radius 3 is 2.69 bits per heavy atom. The molecule has 4 nitrogen and oxygen atoms in total. The molecular formula is C22H29NO3. The van der Waals surface area contributed by atoms with Gasteiger partial charge in [-0.2, -0.15) is 0 Å². The molecule has 4 heteroatoms. The highest BCUT2D eigenvalue weighted by Gasteiger charge is 2.13. The Morgan fingerprint density at radius 1 is 1.04 bits per heavy atom. The van der Waals surface area contributed by atoms with E-state index in [0.717, 1.165) is 43.4 Å². The third-order valence-electron chi connectivity index (χ3n) is 4.56. The maximum absolute atomic E-state index is 5.97. The quantitative estimate of drug-likeness (QED) is 0.732. The molecule has 0 aromatic heterocycles. The Labute approximate surface area is 156 Å². The summed E-state index contributed by atoms with van der Waals surface area (Å²) in [5.74, 6) is 2.23. The number of rotatable bonds is 9. The fourth-order valence-electron chi connectivity index (χ4n) is 3.17. The standard InChI is InChI=1S/C22H29NO3/c1-2-25-22-13-19(14-23-15-20-9-6-12-24-16-20)10-11-21(22)26-17-18-7-4-3-5-8-18/h3-5,7-8,10-11,13,20,23H,2,6,9,12,14-17H2,1H3. The van der Waals surface area contributed by atoms with Crippen LogP contribution >= 0.6 is 0 Å². The predicted octanol–water partition coefficient (Wildman–Crippen LogP) is 4.18. The van der Waals surface area contributed by atoms with Gasteiger partial charge in [-0.15, -0.1) is 0 Å². The topological polar surface area (TPSA) is 39.7 Å². The van der Waals surface area contributed by atoms with Crippen LogP contribution in [0.5, 0.6) is 11.5 Å². The number of hydrogen-bond acceptors (Lipinski definition) is 4. The van der Waals surface area contributed by atoms with Gasteiger partial charge in [0.15, 0.2) is 11.5 Å². The molecule has 0 amide bonds.